The molecule has 0 radical (unpaired) electrons. The van der Waals surface area contributed by atoms with Gasteiger partial charge in [-0.25, -0.2) is 0 Å². The number of hydrogen-bond acceptors (Lipinski definition) is 2. The van der Waals surface area contributed by atoms with Crippen LogP contribution < -0.4 is 5.32 Å². The molecule has 0 aromatic rings. The molecule has 1 atom stereocenters. The number of nitrogens with zero attached hydrogens (tertiary/aromatic N) is 1. The highest BCUT2D eigenvalue weighted by atomic mass is 15.2. The summed E-state index contributed by atoms with van der Waals surface area (Å²) in [4.78, 5) is 2.65. The number of hydrogen-bond donors (Lipinski definition) is 1. The molecule has 0 aromatic heterocycles. The van der Waals surface area contributed by atoms with E-state index in [1.807, 2.05) is 0 Å². The van der Waals surface area contributed by atoms with Crippen LogP contribution in [0.1, 0.15) is 45.4 Å². The maximum Gasteiger partial charge on any atom is 0.00682 e. The van der Waals surface area contributed by atoms with Crippen molar-refractivity contribution in [3.05, 3.63) is 0 Å². The van der Waals surface area contributed by atoms with Gasteiger partial charge in [0.1, 0.15) is 0 Å². The Morgan fingerprint density at radius 1 is 1.29 bits per heavy atom. The van der Waals surface area contributed by atoms with E-state index in [1.54, 1.807) is 0 Å². The van der Waals surface area contributed by atoms with Gasteiger partial charge in [0.2, 0.25) is 0 Å². The number of nitrogens with one attached hydrogen (secondary N) is 1. The molecule has 0 bridgehead atoms. The summed E-state index contributed by atoms with van der Waals surface area (Å²) in [7, 11) is 0. The zero-order chi connectivity index (χ0) is 9.80. The van der Waals surface area contributed by atoms with Crippen molar-refractivity contribution in [2.24, 2.45) is 0 Å². The molecule has 1 N–H and O–H groups in total. The summed E-state index contributed by atoms with van der Waals surface area (Å²) in [5, 5.41) is 3.58. The molecule has 1 aliphatic heterocycles. The van der Waals surface area contributed by atoms with Crippen LogP contribution in [0.15, 0.2) is 0 Å². The first-order valence-corrected chi connectivity index (χ1v) is 6.33. The molecule has 1 heterocycles. The van der Waals surface area contributed by atoms with Crippen molar-refractivity contribution < 1.29 is 0 Å². The standard InChI is InChI=1S/C12H24N2/c1-11(14-9-2-3-10-14)5-4-8-13-12-6-7-12/h11-13H,2-10H2,1H3. The van der Waals surface area contributed by atoms with Crippen molar-refractivity contribution in [3.8, 4) is 0 Å². The minimum atomic E-state index is 0.818. The zero-order valence-electron chi connectivity index (χ0n) is 9.47. The summed E-state index contributed by atoms with van der Waals surface area (Å²) in [5.41, 5.74) is 0. The van der Waals surface area contributed by atoms with Crippen molar-refractivity contribution in [2.75, 3.05) is 19.6 Å². The van der Waals surface area contributed by atoms with Gasteiger partial charge in [-0.15, -0.1) is 0 Å². The average Bonchev–Trinajstić information content (AvgIpc) is 2.84. The van der Waals surface area contributed by atoms with Crippen molar-refractivity contribution in [3.63, 3.8) is 0 Å². The average molecular weight is 196 g/mol. The quantitative estimate of drug-likeness (QED) is 0.654. The van der Waals surface area contributed by atoms with Crippen molar-refractivity contribution >= 4 is 0 Å². The van der Waals surface area contributed by atoms with Gasteiger partial charge in [-0.3, -0.25) is 0 Å². The zero-order valence-corrected chi connectivity index (χ0v) is 9.47. The van der Waals surface area contributed by atoms with E-state index in [4.69, 9.17) is 0 Å². The van der Waals surface area contributed by atoms with E-state index in [0.717, 1.165) is 12.1 Å². The summed E-state index contributed by atoms with van der Waals surface area (Å²) in [6, 6.07) is 1.70. The van der Waals surface area contributed by atoms with Crippen LogP contribution in [0.3, 0.4) is 0 Å². The molecule has 14 heavy (non-hydrogen) atoms. The molecule has 1 saturated heterocycles. The maximum atomic E-state index is 3.58. The third-order valence-electron chi connectivity index (χ3n) is 3.57. The second-order valence-corrected chi connectivity index (χ2v) is 4.96. The molecule has 82 valence electrons. The maximum absolute atomic E-state index is 3.58. The number of rotatable bonds is 6. The lowest BCUT2D eigenvalue weighted by Gasteiger charge is -2.23. The molecule has 1 aliphatic carbocycles. The predicted octanol–water partition coefficient (Wildman–Crippen LogP) is 2.00. The first-order chi connectivity index (χ1) is 6.86. The molecule has 2 aliphatic rings. The fourth-order valence-electron chi connectivity index (χ4n) is 2.36. The van der Waals surface area contributed by atoms with E-state index in [-0.39, 0.29) is 0 Å². The Balaban J connectivity index is 1.50. The summed E-state index contributed by atoms with van der Waals surface area (Å²) < 4.78 is 0. The smallest absolute Gasteiger partial charge is 0.00682 e. The van der Waals surface area contributed by atoms with Gasteiger partial charge >= 0.3 is 0 Å². The van der Waals surface area contributed by atoms with Gasteiger partial charge in [-0.2, -0.15) is 0 Å². The SMILES string of the molecule is CC(CCCNC1CC1)N1CCCC1. The molecule has 2 nitrogen and oxygen atoms in total. The van der Waals surface area contributed by atoms with Gasteiger partial charge in [0.05, 0.1) is 0 Å². The van der Waals surface area contributed by atoms with Crippen LogP contribution in [0.5, 0.6) is 0 Å². The Morgan fingerprint density at radius 3 is 2.64 bits per heavy atom. The highest BCUT2D eigenvalue weighted by molar-refractivity contribution is 4.81. The number of likely N-dealkylation sites (tertiary alicyclic amines) is 1. The van der Waals surface area contributed by atoms with E-state index in [0.29, 0.717) is 0 Å². The molecular formula is C12H24N2. The van der Waals surface area contributed by atoms with E-state index in [1.165, 1.54) is 58.2 Å². The van der Waals surface area contributed by atoms with Crippen molar-refractivity contribution in [1.82, 2.24) is 10.2 Å². The molecule has 0 aromatic carbocycles. The Kier molecular flexibility index (Phi) is 3.82. The molecule has 0 spiro atoms. The van der Waals surface area contributed by atoms with Gasteiger partial charge in [0.25, 0.3) is 0 Å². The van der Waals surface area contributed by atoms with Crippen LogP contribution >= 0.6 is 0 Å². The summed E-state index contributed by atoms with van der Waals surface area (Å²) in [5.74, 6) is 0. The third-order valence-corrected chi connectivity index (χ3v) is 3.57. The Hall–Kier alpha value is -0.0800. The van der Waals surface area contributed by atoms with Gasteiger partial charge in [-0.1, -0.05) is 0 Å². The van der Waals surface area contributed by atoms with Crippen molar-refractivity contribution in [1.29, 1.82) is 0 Å². The molecule has 2 heteroatoms. The molecule has 2 fully saturated rings. The van der Waals surface area contributed by atoms with Crippen LogP contribution in [0, 0.1) is 0 Å². The summed E-state index contributed by atoms with van der Waals surface area (Å²) in [6.07, 6.45) is 8.41. The van der Waals surface area contributed by atoms with Crippen LogP contribution in [-0.2, 0) is 0 Å². The van der Waals surface area contributed by atoms with E-state index in [2.05, 4.69) is 17.1 Å². The largest absolute Gasteiger partial charge is 0.314 e. The topological polar surface area (TPSA) is 15.3 Å². The molecular weight excluding hydrogens is 172 g/mol. The minimum absolute atomic E-state index is 0.818. The van der Waals surface area contributed by atoms with Gasteiger partial charge in [-0.05, 0) is 65.1 Å². The van der Waals surface area contributed by atoms with Crippen LogP contribution in [0.2, 0.25) is 0 Å². The molecule has 1 saturated carbocycles. The lowest BCUT2D eigenvalue weighted by atomic mass is 10.1. The van der Waals surface area contributed by atoms with Gasteiger partial charge in [0.15, 0.2) is 0 Å². The van der Waals surface area contributed by atoms with E-state index >= 15 is 0 Å². The monoisotopic (exact) mass is 196 g/mol. The van der Waals surface area contributed by atoms with Crippen LogP contribution in [0.4, 0.5) is 0 Å². The Bertz CT molecular complexity index is 160. The van der Waals surface area contributed by atoms with Gasteiger partial charge < -0.3 is 10.2 Å². The highest BCUT2D eigenvalue weighted by Gasteiger charge is 2.20. The normalized spacial score (nSPS) is 25.5. The van der Waals surface area contributed by atoms with E-state index in [9.17, 15) is 0 Å². The van der Waals surface area contributed by atoms with Gasteiger partial charge in [0, 0.05) is 12.1 Å². The first kappa shape index (κ1) is 10.4. The Labute approximate surface area is 88.1 Å². The van der Waals surface area contributed by atoms with Crippen LogP contribution in [-0.4, -0.2) is 36.6 Å². The van der Waals surface area contributed by atoms with E-state index < -0.39 is 0 Å². The van der Waals surface area contributed by atoms with Crippen molar-refractivity contribution in [2.45, 2.75) is 57.5 Å². The minimum Gasteiger partial charge on any atom is -0.314 e. The highest BCUT2D eigenvalue weighted by Crippen LogP contribution is 2.19. The molecule has 1 unspecified atom stereocenters. The molecule has 2 rings (SSSR count). The second-order valence-electron chi connectivity index (χ2n) is 4.96. The lowest BCUT2D eigenvalue weighted by molar-refractivity contribution is 0.243. The fraction of sp³-hybridized carbons (Fsp3) is 1.00. The molecule has 0 amide bonds. The second kappa shape index (κ2) is 5.13. The fourth-order valence-corrected chi connectivity index (χ4v) is 2.36. The third kappa shape index (κ3) is 3.25. The predicted molar refractivity (Wildman–Crippen MR) is 60.5 cm³/mol. The first-order valence-electron chi connectivity index (χ1n) is 6.33. The Morgan fingerprint density at radius 2 is 2.00 bits per heavy atom. The lowest BCUT2D eigenvalue weighted by Crippen LogP contribution is -2.31. The summed E-state index contributed by atoms with van der Waals surface area (Å²) >= 11 is 0. The van der Waals surface area contributed by atoms with Crippen LogP contribution in [0.25, 0.3) is 0 Å². The summed E-state index contributed by atoms with van der Waals surface area (Å²) in [6.45, 7) is 6.32.